The molecule has 0 saturated heterocycles. The molecule has 14 heavy (non-hydrogen) atoms. The molecule has 1 rings (SSSR count). The number of benzene rings is 1. The van der Waals surface area contributed by atoms with Crippen molar-refractivity contribution in [2.24, 2.45) is 0 Å². The summed E-state index contributed by atoms with van der Waals surface area (Å²) in [5.74, 6) is 1.38. The van der Waals surface area contributed by atoms with Crippen molar-refractivity contribution in [1.82, 2.24) is 0 Å². The van der Waals surface area contributed by atoms with Gasteiger partial charge in [0.1, 0.15) is 0 Å². The first-order valence-electron chi connectivity index (χ1n) is 5.08. The average molecular weight is 187 g/mol. The van der Waals surface area contributed by atoms with Crippen molar-refractivity contribution in [2.75, 3.05) is 0 Å². The normalized spacial score (nSPS) is 10.6. The lowest BCUT2D eigenvalue weighted by Crippen LogP contribution is -1.98. The second-order valence-corrected chi connectivity index (χ2v) is 4.02. The van der Waals surface area contributed by atoms with Crippen molar-refractivity contribution in [3.05, 3.63) is 53.0 Å². The molecule has 0 aromatic heterocycles. The van der Waals surface area contributed by atoms with E-state index in [0.717, 1.165) is 6.42 Å². The van der Waals surface area contributed by atoms with E-state index < -0.39 is 0 Å². The number of hydrogen-bond donors (Lipinski definition) is 0. The van der Waals surface area contributed by atoms with Crippen LogP contribution in [-0.4, -0.2) is 0 Å². The lowest BCUT2D eigenvalue weighted by Gasteiger charge is -2.14. The molecule has 0 aliphatic heterocycles. The fourth-order valence-electron chi connectivity index (χ4n) is 1.80. The molecule has 0 heteroatoms. The van der Waals surface area contributed by atoms with Crippen LogP contribution in [0.3, 0.4) is 0 Å². The fourth-order valence-corrected chi connectivity index (χ4v) is 1.80. The van der Waals surface area contributed by atoms with Gasteiger partial charge in [0.2, 0.25) is 0 Å². The van der Waals surface area contributed by atoms with Crippen molar-refractivity contribution in [1.29, 1.82) is 0 Å². The first-order chi connectivity index (χ1) is 6.57. The van der Waals surface area contributed by atoms with E-state index in [4.69, 9.17) is 0 Å². The molecule has 1 aromatic rings. The Bertz CT molecular complexity index is 332. The lowest BCUT2D eigenvalue weighted by molar-refractivity contribution is 1.08. The van der Waals surface area contributed by atoms with Crippen molar-refractivity contribution in [2.45, 2.75) is 34.1 Å². The molecular weight excluding hydrogens is 168 g/mol. The Hall–Kier alpha value is -1.04. The third kappa shape index (κ3) is 2.06. The lowest BCUT2D eigenvalue weighted by atomic mass is 9.91. The highest BCUT2D eigenvalue weighted by Crippen LogP contribution is 2.23. The highest BCUT2D eigenvalue weighted by Gasteiger charge is 2.08. The van der Waals surface area contributed by atoms with Gasteiger partial charge in [-0.05, 0) is 48.4 Å². The predicted molar refractivity (Wildman–Crippen MR) is 63.5 cm³/mol. The summed E-state index contributed by atoms with van der Waals surface area (Å²) in [7, 11) is 0. The predicted octanol–water partition coefficient (Wildman–Crippen LogP) is 3.99. The Balaban J connectivity index is 3.18. The van der Waals surface area contributed by atoms with Crippen molar-refractivity contribution < 1.29 is 0 Å². The third-order valence-electron chi connectivity index (χ3n) is 2.80. The molecule has 0 amide bonds. The molecule has 0 spiro atoms. The molecule has 0 unspecified atom stereocenters. The number of rotatable bonds is 3. The van der Waals surface area contributed by atoms with Crippen molar-refractivity contribution >= 4 is 0 Å². The van der Waals surface area contributed by atoms with Gasteiger partial charge in [0, 0.05) is 0 Å². The molecule has 0 bridgehead atoms. The van der Waals surface area contributed by atoms with Gasteiger partial charge < -0.3 is 0 Å². The largest absolute Gasteiger partial charge is 0.103 e. The van der Waals surface area contributed by atoms with Crippen LogP contribution in [-0.2, 0) is 6.42 Å². The van der Waals surface area contributed by atoms with Gasteiger partial charge in [-0.25, -0.2) is 0 Å². The molecule has 0 nitrogen and oxygen atoms in total. The Labute approximate surface area is 87.7 Å². The van der Waals surface area contributed by atoms with Gasteiger partial charge >= 0.3 is 0 Å². The SMILES string of the molecule is C=CCc1ccc([C](C)C)c(C)c1C. The summed E-state index contributed by atoms with van der Waals surface area (Å²) in [5, 5.41) is 0. The molecule has 0 aliphatic carbocycles. The summed E-state index contributed by atoms with van der Waals surface area (Å²) in [6, 6.07) is 4.43. The van der Waals surface area contributed by atoms with E-state index in [-0.39, 0.29) is 0 Å². The van der Waals surface area contributed by atoms with E-state index in [0.29, 0.717) is 0 Å². The van der Waals surface area contributed by atoms with Crippen LogP contribution < -0.4 is 0 Å². The maximum Gasteiger partial charge on any atom is -0.000923 e. The maximum absolute atomic E-state index is 3.78. The van der Waals surface area contributed by atoms with Gasteiger partial charge in [-0.3, -0.25) is 0 Å². The smallest absolute Gasteiger partial charge is 0.000923 e. The van der Waals surface area contributed by atoms with Gasteiger partial charge in [-0.15, -0.1) is 6.58 Å². The topological polar surface area (TPSA) is 0 Å². The molecule has 0 atom stereocenters. The van der Waals surface area contributed by atoms with Crippen LogP contribution in [0.15, 0.2) is 24.8 Å². The van der Waals surface area contributed by atoms with Crippen LogP contribution in [0, 0.1) is 19.8 Å². The zero-order valence-corrected chi connectivity index (χ0v) is 9.65. The Kier molecular flexibility index (Phi) is 3.51. The van der Waals surface area contributed by atoms with Crippen LogP contribution in [0.2, 0.25) is 0 Å². The quantitative estimate of drug-likeness (QED) is 0.627. The van der Waals surface area contributed by atoms with E-state index in [1.54, 1.807) is 0 Å². The van der Waals surface area contributed by atoms with Gasteiger partial charge in [-0.1, -0.05) is 32.1 Å². The van der Waals surface area contributed by atoms with Gasteiger partial charge in [-0.2, -0.15) is 0 Å². The van der Waals surface area contributed by atoms with E-state index in [1.165, 1.54) is 28.2 Å². The zero-order valence-electron chi connectivity index (χ0n) is 9.65. The molecule has 0 saturated carbocycles. The minimum absolute atomic E-state index is 0.968. The highest BCUT2D eigenvalue weighted by molar-refractivity contribution is 5.45. The number of allylic oxidation sites excluding steroid dienone is 1. The van der Waals surface area contributed by atoms with E-state index in [1.807, 2.05) is 6.08 Å². The molecule has 0 heterocycles. The molecule has 1 radical (unpaired) electrons. The van der Waals surface area contributed by atoms with E-state index >= 15 is 0 Å². The first-order valence-corrected chi connectivity index (χ1v) is 5.08. The fraction of sp³-hybridized carbons (Fsp3) is 0.357. The summed E-state index contributed by atoms with van der Waals surface area (Å²) in [4.78, 5) is 0. The second-order valence-electron chi connectivity index (χ2n) is 4.02. The molecular formula is C14H19. The standard InChI is InChI=1S/C14H19/c1-6-7-13-8-9-14(10(2)3)12(5)11(13)4/h6,8-9H,1,7H2,2-5H3. The summed E-state index contributed by atoms with van der Waals surface area (Å²) < 4.78 is 0. The van der Waals surface area contributed by atoms with Crippen LogP contribution >= 0.6 is 0 Å². The monoisotopic (exact) mass is 187 g/mol. The Morgan fingerprint density at radius 2 is 1.86 bits per heavy atom. The summed E-state index contributed by atoms with van der Waals surface area (Å²) in [5.41, 5.74) is 5.59. The van der Waals surface area contributed by atoms with Gasteiger partial charge in [0.05, 0.1) is 0 Å². The molecule has 0 aliphatic rings. The summed E-state index contributed by atoms with van der Waals surface area (Å²) in [6.07, 6.45) is 2.93. The Morgan fingerprint density at radius 1 is 1.21 bits per heavy atom. The molecule has 75 valence electrons. The van der Waals surface area contributed by atoms with Crippen LogP contribution in [0.25, 0.3) is 0 Å². The average Bonchev–Trinajstić information content (AvgIpc) is 2.13. The summed E-state index contributed by atoms with van der Waals surface area (Å²) >= 11 is 0. The minimum Gasteiger partial charge on any atom is -0.103 e. The van der Waals surface area contributed by atoms with Gasteiger partial charge in [0.15, 0.2) is 0 Å². The zero-order chi connectivity index (χ0) is 10.7. The van der Waals surface area contributed by atoms with Crippen LogP contribution in [0.4, 0.5) is 0 Å². The van der Waals surface area contributed by atoms with Crippen molar-refractivity contribution in [3.8, 4) is 0 Å². The maximum atomic E-state index is 3.78. The van der Waals surface area contributed by atoms with E-state index in [2.05, 4.69) is 46.4 Å². The van der Waals surface area contributed by atoms with Crippen LogP contribution in [0.5, 0.6) is 0 Å². The first kappa shape index (κ1) is 11.0. The van der Waals surface area contributed by atoms with Gasteiger partial charge in [0.25, 0.3) is 0 Å². The Morgan fingerprint density at radius 3 is 2.36 bits per heavy atom. The molecule has 0 fully saturated rings. The third-order valence-corrected chi connectivity index (χ3v) is 2.80. The molecule has 0 N–H and O–H groups in total. The highest BCUT2D eigenvalue weighted by atomic mass is 14.1. The van der Waals surface area contributed by atoms with Crippen LogP contribution in [0.1, 0.15) is 36.1 Å². The van der Waals surface area contributed by atoms with E-state index in [9.17, 15) is 0 Å². The minimum atomic E-state index is 0.968. The summed E-state index contributed by atoms with van der Waals surface area (Å²) in [6.45, 7) is 12.5. The van der Waals surface area contributed by atoms with Crippen molar-refractivity contribution in [3.63, 3.8) is 0 Å². The number of hydrogen-bond acceptors (Lipinski definition) is 0. The second kappa shape index (κ2) is 4.45. The molecule has 1 aromatic carbocycles.